The van der Waals surface area contributed by atoms with Gasteiger partial charge in [0.15, 0.2) is 0 Å². The Kier molecular flexibility index (Phi) is 4.67. The molecule has 150 valence electrons. The average molecular weight is 435 g/mol. The molecule has 30 heavy (non-hydrogen) atoms. The number of likely N-dealkylation sites (N-methyl/N-ethyl adjacent to an activating group) is 1. The second-order valence-corrected chi connectivity index (χ2v) is 8.94. The number of thiocarbonyl (C=S) groups is 1. The van der Waals surface area contributed by atoms with Crippen molar-refractivity contribution in [1.29, 1.82) is 0 Å². The fourth-order valence-electron chi connectivity index (χ4n) is 3.81. The number of amides is 1. The van der Waals surface area contributed by atoms with Gasteiger partial charge in [-0.2, -0.15) is 0 Å². The minimum atomic E-state index is -0.198. The first-order valence-electron chi connectivity index (χ1n) is 9.57. The van der Waals surface area contributed by atoms with Crippen molar-refractivity contribution in [2.24, 2.45) is 0 Å². The lowest BCUT2D eigenvalue weighted by Gasteiger charge is -2.30. The minimum absolute atomic E-state index is 0.197. The maximum absolute atomic E-state index is 13.4. The number of aromatic nitrogens is 2. The number of benzene rings is 1. The number of hydrogen-bond donors (Lipinski definition) is 0. The number of nitrogens with zero attached hydrogens (tertiary/aromatic N) is 4. The Labute approximate surface area is 182 Å². The molecule has 4 heterocycles. The molecule has 3 aromatic rings. The number of thioether (sulfide) groups is 1. The predicted octanol–water partition coefficient (Wildman–Crippen LogP) is 3.09. The highest BCUT2D eigenvalue weighted by Crippen LogP contribution is 2.33. The van der Waals surface area contributed by atoms with Crippen LogP contribution in [-0.4, -0.2) is 38.1 Å². The van der Waals surface area contributed by atoms with Crippen molar-refractivity contribution in [1.82, 2.24) is 14.3 Å². The van der Waals surface area contributed by atoms with Crippen LogP contribution in [-0.2, 0) is 17.8 Å². The summed E-state index contributed by atoms with van der Waals surface area (Å²) in [7, 11) is 1.65. The number of hydrogen-bond acceptors (Lipinski definition) is 6. The van der Waals surface area contributed by atoms with Gasteiger partial charge in [-0.1, -0.05) is 54.3 Å². The number of carbonyl (C=O) groups is 1. The summed E-state index contributed by atoms with van der Waals surface area (Å²) in [6.45, 7) is 1.42. The smallest absolute Gasteiger partial charge is 0.267 e. The zero-order valence-electron chi connectivity index (χ0n) is 16.2. The molecule has 0 atom stereocenters. The quantitative estimate of drug-likeness (QED) is 0.456. The lowest BCUT2D eigenvalue weighted by atomic mass is 9.99. The number of pyridine rings is 1. The largest absolute Gasteiger partial charge is 0.351 e. The summed E-state index contributed by atoms with van der Waals surface area (Å²) < 4.78 is 1.99. The van der Waals surface area contributed by atoms with E-state index in [9.17, 15) is 9.59 Å². The first kappa shape index (κ1) is 19.0. The Balaban J connectivity index is 1.68. The molecule has 0 N–H and O–H groups in total. The van der Waals surface area contributed by atoms with Crippen LogP contribution in [0, 0.1) is 0 Å². The van der Waals surface area contributed by atoms with Crippen LogP contribution in [0.25, 0.3) is 11.7 Å². The van der Waals surface area contributed by atoms with E-state index in [0.29, 0.717) is 32.8 Å². The van der Waals surface area contributed by atoms with E-state index in [1.807, 2.05) is 24.3 Å². The van der Waals surface area contributed by atoms with Gasteiger partial charge in [0.2, 0.25) is 0 Å². The van der Waals surface area contributed by atoms with Crippen molar-refractivity contribution >= 4 is 51.7 Å². The third-order valence-electron chi connectivity index (χ3n) is 5.44. The van der Waals surface area contributed by atoms with Crippen molar-refractivity contribution in [2.75, 3.05) is 18.5 Å². The van der Waals surface area contributed by atoms with Gasteiger partial charge in [-0.25, -0.2) is 4.98 Å². The summed E-state index contributed by atoms with van der Waals surface area (Å²) in [6, 6.07) is 13.8. The van der Waals surface area contributed by atoms with Crippen molar-refractivity contribution in [2.45, 2.75) is 13.0 Å². The molecule has 0 bridgehead atoms. The monoisotopic (exact) mass is 434 g/mol. The van der Waals surface area contributed by atoms with Crippen molar-refractivity contribution < 1.29 is 4.79 Å². The fourth-order valence-corrected chi connectivity index (χ4v) is 4.97. The third-order valence-corrected chi connectivity index (χ3v) is 6.93. The summed E-state index contributed by atoms with van der Waals surface area (Å²) in [5.74, 6) is 0.402. The van der Waals surface area contributed by atoms with Gasteiger partial charge in [0, 0.05) is 26.3 Å². The molecule has 0 unspecified atom stereocenters. The Morgan fingerprint density at radius 3 is 2.63 bits per heavy atom. The van der Waals surface area contributed by atoms with E-state index >= 15 is 0 Å². The van der Waals surface area contributed by atoms with Crippen molar-refractivity contribution in [3.63, 3.8) is 0 Å². The van der Waals surface area contributed by atoms with Gasteiger partial charge in [0.05, 0.1) is 10.5 Å². The molecule has 0 radical (unpaired) electrons. The topological polar surface area (TPSA) is 57.9 Å². The highest BCUT2D eigenvalue weighted by atomic mass is 32.2. The van der Waals surface area contributed by atoms with Gasteiger partial charge >= 0.3 is 0 Å². The zero-order chi connectivity index (χ0) is 20.8. The SMILES string of the molecule is CN1C(=O)C(=Cc2c(N3CCc4ccccc4C3)nc3ccccn3c2=O)SC1=S. The van der Waals surface area contributed by atoms with E-state index < -0.39 is 0 Å². The molecule has 0 aliphatic carbocycles. The van der Waals surface area contributed by atoms with Crippen LogP contribution in [0.4, 0.5) is 5.82 Å². The standard InChI is InChI=1S/C22H18N4O2S2/c1-24-21(28)17(30-22(24)29)12-16-19(23-18-8-4-5-10-26(18)20(16)27)25-11-9-14-6-2-3-7-15(14)13-25/h2-8,10,12H,9,11,13H2,1H3. The van der Waals surface area contributed by atoms with Gasteiger partial charge in [-0.05, 0) is 35.8 Å². The fraction of sp³-hybridized carbons (Fsp3) is 0.182. The molecule has 5 rings (SSSR count). The first-order chi connectivity index (χ1) is 14.5. The predicted molar refractivity (Wildman–Crippen MR) is 124 cm³/mol. The minimum Gasteiger partial charge on any atom is -0.351 e. The lowest BCUT2D eigenvalue weighted by Crippen LogP contribution is -2.34. The molecule has 8 heteroatoms. The van der Waals surface area contributed by atoms with Crippen LogP contribution in [0.3, 0.4) is 0 Å². The molecule has 1 amide bonds. The lowest BCUT2D eigenvalue weighted by molar-refractivity contribution is -0.121. The second kappa shape index (κ2) is 7.37. The van der Waals surface area contributed by atoms with Crippen LogP contribution in [0.5, 0.6) is 0 Å². The molecule has 1 fully saturated rings. The molecule has 2 aliphatic heterocycles. The van der Waals surface area contributed by atoms with Crippen LogP contribution in [0.2, 0.25) is 0 Å². The Morgan fingerprint density at radius 2 is 1.87 bits per heavy atom. The molecular weight excluding hydrogens is 416 g/mol. The molecule has 2 aromatic heterocycles. The molecule has 0 saturated carbocycles. The van der Waals surface area contributed by atoms with E-state index in [0.717, 1.165) is 13.0 Å². The number of fused-ring (bicyclic) bond motifs is 2. The molecule has 0 spiro atoms. The summed E-state index contributed by atoms with van der Waals surface area (Å²) in [4.78, 5) is 34.7. The summed E-state index contributed by atoms with van der Waals surface area (Å²) in [6.07, 6.45) is 4.22. The summed E-state index contributed by atoms with van der Waals surface area (Å²) in [5.41, 5.74) is 3.34. The maximum atomic E-state index is 13.4. The van der Waals surface area contributed by atoms with Gasteiger partial charge in [0.1, 0.15) is 15.8 Å². The second-order valence-electron chi connectivity index (χ2n) is 7.26. The van der Waals surface area contributed by atoms with E-state index in [1.165, 1.54) is 32.2 Å². The van der Waals surface area contributed by atoms with Gasteiger partial charge in [0.25, 0.3) is 11.5 Å². The van der Waals surface area contributed by atoms with Crippen molar-refractivity contribution in [3.05, 3.63) is 80.6 Å². The van der Waals surface area contributed by atoms with E-state index in [1.54, 1.807) is 25.4 Å². The Hall–Kier alpha value is -2.97. The highest BCUT2D eigenvalue weighted by molar-refractivity contribution is 8.26. The number of anilines is 1. The summed E-state index contributed by atoms with van der Waals surface area (Å²) in [5, 5.41) is 0. The maximum Gasteiger partial charge on any atom is 0.267 e. The molecule has 1 aromatic carbocycles. The zero-order valence-corrected chi connectivity index (χ0v) is 17.9. The van der Waals surface area contributed by atoms with Crippen molar-refractivity contribution in [3.8, 4) is 0 Å². The van der Waals surface area contributed by atoms with Gasteiger partial charge in [-0.15, -0.1) is 0 Å². The molecular formula is C22H18N4O2S2. The van der Waals surface area contributed by atoms with Crippen LogP contribution in [0.15, 0.2) is 58.4 Å². The normalized spacial score (nSPS) is 17.8. The van der Waals surface area contributed by atoms with Crippen LogP contribution in [0.1, 0.15) is 16.7 Å². The van der Waals surface area contributed by atoms with Crippen LogP contribution < -0.4 is 10.5 Å². The number of carbonyl (C=O) groups excluding carboxylic acids is 1. The van der Waals surface area contributed by atoms with Gasteiger partial charge < -0.3 is 4.90 Å². The molecule has 1 saturated heterocycles. The highest BCUT2D eigenvalue weighted by Gasteiger charge is 2.30. The van der Waals surface area contributed by atoms with E-state index in [4.69, 9.17) is 17.2 Å². The average Bonchev–Trinajstić information content (AvgIpc) is 3.01. The third kappa shape index (κ3) is 3.12. The summed E-state index contributed by atoms with van der Waals surface area (Å²) >= 11 is 6.45. The van der Waals surface area contributed by atoms with E-state index in [-0.39, 0.29) is 11.5 Å². The Morgan fingerprint density at radius 1 is 1.10 bits per heavy atom. The van der Waals surface area contributed by atoms with E-state index in [2.05, 4.69) is 17.0 Å². The first-order valence-corrected chi connectivity index (χ1v) is 10.8. The number of rotatable bonds is 2. The van der Waals surface area contributed by atoms with Crippen LogP contribution >= 0.6 is 24.0 Å². The molecule has 2 aliphatic rings. The molecule has 6 nitrogen and oxygen atoms in total. The Bertz CT molecular complexity index is 1300. The van der Waals surface area contributed by atoms with Gasteiger partial charge in [-0.3, -0.25) is 18.9 Å².